The van der Waals surface area contributed by atoms with E-state index >= 15 is 0 Å². The Labute approximate surface area is 133 Å². The summed E-state index contributed by atoms with van der Waals surface area (Å²) >= 11 is 0. The third-order valence-electron chi connectivity index (χ3n) is 3.12. The Morgan fingerprint density at radius 1 is 1.24 bits per heavy atom. The SMILES string of the molecule is O=C(CCCCC1CCSS1)OS(=O)(=O)c1ccccc1. The van der Waals surface area contributed by atoms with Crippen LogP contribution in [0.25, 0.3) is 0 Å². The standard InChI is InChI=1S/C14H18O4S3/c15-14(9-5-4-6-12-10-11-19-20-12)18-21(16,17)13-7-2-1-3-8-13/h1-3,7-8,12H,4-6,9-11H2. The zero-order valence-electron chi connectivity index (χ0n) is 11.6. The number of benzene rings is 1. The van der Waals surface area contributed by atoms with Crippen molar-refractivity contribution in [1.29, 1.82) is 0 Å². The van der Waals surface area contributed by atoms with Gasteiger partial charge in [-0.05, 0) is 31.4 Å². The molecule has 7 heteroatoms. The molecule has 1 heterocycles. The van der Waals surface area contributed by atoms with Gasteiger partial charge in [0.25, 0.3) is 0 Å². The first-order chi connectivity index (χ1) is 10.1. The third kappa shape index (κ3) is 5.56. The first-order valence-electron chi connectivity index (χ1n) is 6.88. The van der Waals surface area contributed by atoms with Crippen LogP contribution in [0.1, 0.15) is 32.1 Å². The number of unbranched alkanes of at least 4 members (excludes halogenated alkanes) is 1. The summed E-state index contributed by atoms with van der Waals surface area (Å²) in [6.07, 6.45) is 4.05. The fraction of sp³-hybridized carbons (Fsp3) is 0.500. The van der Waals surface area contributed by atoms with Crippen LogP contribution < -0.4 is 0 Å². The van der Waals surface area contributed by atoms with E-state index in [1.807, 2.05) is 21.6 Å². The number of carbonyl (C=O) groups excluding carboxylic acids is 1. The van der Waals surface area contributed by atoms with Gasteiger partial charge in [-0.15, -0.1) is 0 Å². The highest BCUT2D eigenvalue weighted by Gasteiger charge is 2.20. The van der Waals surface area contributed by atoms with Crippen molar-refractivity contribution in [3.8, 4) is 0 Å². The van der Waals surface area contributed by atoms with Crippen LogP contribution in [0.2, 0.25) is 0 Å². The van der Waals surface area contributed by atoms with Crippen LogP contribution in [0.4, 0.5) is 0 Å². The van der Waals surface area contributed by atoms with Crippen molar-refractivity contribution in [2.24, 2.45) is 0 Å². The normalized spacial score (nSPS) is 18.6. The molecular weight excluding hydrogens is 328 g/mol. The van der Waals surface area contributed by atoms with Crippen LogP contribution in [0.5, 0.6) is 0 Å². The maximum atomic E-state index is 11.8. The predicted octanol–water partition coefficient (Wildman–Crippen LogP) is 3.63. The number of carbonyl (C=O) groups is 1. The Morgan fingerprint density at radius 3 is 2.67 bits per heavy atom. The zero-order chi connectivity index (χ0) is 15.1. The fourth-order valence-electron chi connectivity index (χ4n) is 2.01. The summed E-state index contributed by atoms with van der Waals surface area (Å²) in [5, 5.41) is 0.680. The Morgan fingerprint density at radius 2 is 2.00 bits per heavy atom. The second kappa shape index (κ2) is 8.10. The van der Waals surface area contributed by atoms with E-state index in [0.717, 1.165) is 12.8 Å². The third-order valence-corrected chi connectivity index (χ3v) is 7.38. The van der Waals surface area contributed by atoms with Gasteiger partial charge < -0.3 is 4.18 Å². The van der Waals surface area contributed by atoms with Crippen molar-refractivity contribution in [2.45, 2.75) is 42.2 Å². The smallest absolute Gasteiger partial charge is 0.341 e. The first-order valence-corrected chi connectivity index (χ1v) is 10.7. The van der Waals surface area contributed by atoms with E-state index in [-0.39, 0.29) is 11.3 Å². The summed E-state index contributed by atoms with van der Waals surface area (Å²) in [6, 6.07) is 7.73. The number of rotatable bonds is 7. The second-order valence-corrected chi connectivity index (χ2v) is 9.13. The minimum absolute atomic E-state index is 0.0118. The summed E-state index contributed by atoms with van der Waals surface area (Å²) in [5.74, 6) is 0.527. The van der Waals surface area contributed by atoms with Gasteiger partial charge in [0.05, 0.1) is 0 Å². The summed E-state index contributed by atoms with van der Waals surface area (Å²) in [5.41, 5.74) is 0. The van der Waals surface area contributed by atoms with Gasteiger partial charge in [-0.1, -0.05) is 46.2 Å². The molecule has 1 fully saturated rings. The molecule has 0 amide bonds. The quantitative estimate of drug-likeness (QED) is 0.427. The van der Waals surface area contributed by atoms with Crippen LogP contribution in [0, 0.1) is 0 Å². The Balaban J connectivity index is 1.71. The van der Waals surface area contributed by atoms with Crippen LogP contribution in [0.15, 0.2) is 35.2 Å². The van der Waals surface area contributed by atoms with Crippen molar-refractivity contribution in [2.75, 3.05) is 5.75 Å². The Kier molecular flexibility index (Phi) is 6.44. The topological polar surface area (TPSA) is 60.4 Å². The zero-order valence-corrected chi connectivity index (χ0v) is 14.0. The van der Waals surface area contributed by atoms with E-state index in [0.29, 0.717) is 11.7 Å². The van der Waals surface area contributed by atoms with Gasteiger partial charge in [0.2, 0.25) is 0 Å². The van der Waals surface area contributed by atoms with Gasteiger partial charge >= 0.3 is 16.1 Å². The van der Waals surface area contributed by atoms with Gasteiger partial charge in [0.15, 0.2) is 0 Å². The molecule has 0 N–H and O–H groups in total. The Bertz CT molecular complexity index is 551. The summed E-state index contributed by atoms with van der Waals surface area (Å²) in [7, 11) is -0.158. The molecule has 4 nitrogen and oxygen atoms in total. The molecule has 1 aromatic carbocycles. The fourth-order valence-corrected chi connectivity index (χ4v) is 5.95. The Hall–Kier alpha value is -0.660. The molecule has 1 aliphatic heterocycles. The van der Waals surface area contributed by atoms with Crippen molar-refractivity contribution in [3.63, 3.8) is 0 Å². The van der Waals surface area contributed by atoms with Crippen molar-refractivity contribution in [1.82, 2.24) is 0 Å². The number of hydrogen-bond acceptors (Lipinski definition) is 6. The molecule has 0 spiro atoms. The lowest BCUT2D eigenvalue weighted by Gasteiger charge is -2.07. The average Bonchev–Trinajstić information content (AvgIpc) is 2.97. The van der Waals surface area contributed by atoms with Gasteiger partial charge in [-0.2, -0.15) is 8.42 Å². The second-order valence-electron chi connectivity index (χ2n) is 4.80. The van der Waals surface area contributed by atoms with Crippen molar-refractivity contribution < 1.29 is 17.4 Å². The molecule has 0 radical (unpaired) electrons. The lowest BCUT2D eigenvalue weighted by Crippen LogP contribution is -2.13. The molecule has 1 atom stereocenters. The van der Waals surface area contributed by atoms with Gasteiger partial charge in [0, 0.05) is 17.4 Å². The van der Waals surface area contributed by atoms with E-state index in [2.05, 4.69) is 4.18 Å². The molecule has 0 bridgehead atoms. The van der Waals surface area contributed by atoms with E-state index in [1.54, 1.807) is 18.2 Å². The van der Waals surface area contributed by atoms with E-state index in [1.165, 1.54) is 24.3 Å². The largest absolute Gasteiger partial charge is 0.342 e. The molecule has 1 saturated heterocycles. The maximum absolute atomic E-state index is 11.8. The molecule has 1 unspecified atom stereocenters. The first kappa shape index (κ1) is 16.7. The molecule has 1 aromatic rings. The van der Waals surface area contributed by atoms with Crippen LogP contribution in [-0.4, -0.2) is 25.4 Å². The van der Waals surface area contributed by atoms with E-state index in [9.17, 15) is 13.2 Å². The summed E-state index contributed by atoms with van der Waals surface area (Å²) in [6.45, 7) is 0. The van der Waals surface area contributed by atoms with E-state index < -0.39 is 16.1 Å². The van der Waals surface area contributed by atoms with Crippen molar-refractivity contribution in [3.05, 3.63) is 30.3 Å². The molecule has 0 aromatic heterocycles. The highest BCUT2D eigenvalue weighted by molar-refractivity contribution is 8.77. The van der Waals surface area contributed by atoms with Gasteiger partial charge in [-0.3, -0.25) is 4.79 Å². The lowest BCUT2D eigenvalue weighted by molar-refractivity contribution is -0.133. The summed E-state index contributed by atoms with van der Waals surface area (Å²) < 4.78 is 28.3. The summed E-state index contributed by atoms with van der Waals surface area (Å²) in [4.78, 5) is 11.6. The van der Waals surface area contributed by atoms with Gasteiger partial charge in [-0.25, -0.2) is 0 Å². The van der Waals surface area contributed by atoms with E-state index in [4.69, 9.17) is 0 Å². The monoisotopic (exact) mass is 346 g/mol. The average molecular weight is 346 g/mol. The lowest BCUT2D eigenvalue weighted by atomic mass is 10.1. The predicted molar refractivity (Wildman–Crippen MR) is 86.6 cm³/mol. The number of hydrogen-bond donors (Lipinski definition) is 0. The highest BCUT2D eigenvalue weighted by atomic mass is 33.1. The van der Waals surface area contributed by atoms with Crippen LogP contribution in [0.3, 0.4) is 0 Å². The highest BCUT2D eigenvalue weighted by Crippen LogP contribution is 2.39. The molecule has 1 aliphatic rings. The minimum atomic E-state index is -3.97. The molecule has 116 valence electrons. The molecule has 0 saturated carbocycles. The molecule has 2 rings (SSSR count). The molecule has 0 aliphatic carbocycles. The maximum Gasteiger partial charge on any atom is 0.341 e. The van der Waals surface area contributed by atoms with Gasteiger partial charge in [0.1, 0.15) is 4.90 Å². The molecule has 21 heavy (non-hydrogen) atoms. The van der Waals surface area contributed by atoms with Crippen LogP contribution >= 0.6 is 21.6 Å². The minimum Gasteiger partial charge on any atom is -0.342 e. The molecular formula is C14H18O4S3. The van der Waals surface area contributed by atoms with Crippen molar-refractivity contribution >= 4 is 37.7 Å². The van der Waals surface area contributed by atoms with Crippen LogP contribution in [-0.2, 0) is 19.1 Å².